The van der Waals surface area contributed by atoms with Crippen molar-refractivity contribution >= 4 is 35.6 Å². The minimum Gasteiger partial charge on any atom is -0.497 e. The van der Waals surface area contributed by atoms with Crippen molar-refractivity contribution in [2.75, 3.05) is 12.9 Å². The fourth-order valence-electron chi connectivity index (χ4n) is 2.08. The van der Waals surface area contributed by atoms with Gasteiger partial charge in [-0.2, -0.15) is 5.10 Å². The number of rotatable bonds is 8. The third-order valence-corrected chi connectivity index (χ3v) is 5.31. The zero-order valence-electron chi connectivity index (χ0n) is 14.6. The van der Waals surface area contributed by atoms with Gasteiger partial charge in [-0.05, 0) is 48.5 Å². The minimum absolute atomic E-state index is 0.183. The molecule has 1 aromatic heterocycles. The molecule has 1 amide bonds. The van der Waals surface area contributed by atoms with Crippen molar-refractivity contribution in [1.82, 2.24) is 5.43 Å². The van der Waals surface area contributed by atoms with E-state index in [2.05, 4.69) is 10.5 Å². The molecule has 0 aliphatic carbocycles. The van der Waals surface area contributed by atoms with Crippen LogP contribution in [0.1, 0.15) is 5.76 Å². The van der Waals surface area contributed by atoms with Crippen LogP contribution in [0.3, 0.4) is 0 Å². The predicted octanol–water partition coefficient (Wildman–Crippen LogP) is 4.68. The Morgan fingerprint density at radius 3 is 2.59 bits per heavy atom. The summed E-state index contributed by atoms with van der Waals surface area (Å²) < 4.78 is 10.8. The molecule has 138 valence electrons. The summed E-state index contributed by atoms with van der Waals surface area (Å²) in [5.74, 6) is 1.46. The summed E-state index contributed by atoms with van der Waals surface area (Å²) >= 11 is 2.96. The summed E-state index contributed by atoms with van der Waals surface area (Å²) in [5, 5.41) is 4.71. The summed E-state index contributed by atoms with van der Waals surface area (Å²) in [4.78, 5) is 14.0. The van der Waals surface area contributed by atoms with E-state index in [9.17, 15) is 4.79 Å². The molecule has 0 saturated carbocycles. The molecule has 5 nitrogen and oxygen atoms in total. The zero-order chi connectivity index (χ0) is 18.9. The molecule has 0 radical (unpaired) electrons. The highest BCUT2D eigenvalue weighted by Crippen LogP contribution is 2.28. The van der Waals surface area contributed by atoms with E-state index in [0.717, 1.165) is 20.6 Å². The highest BCUT2D eigenvalue weighted by atomic mass is 32.2. The number of benzene rings is 2. The average Bonchev–Trinajstić information content (AvgIpc) is 3.14. The molecule has 0 aliphatic heterocycles. The molecule has 0 fully saturated rings. The lowest BCUT2D eigenvalue weighted by Gasteiger charge is -2.02. The van der Waals surface area contributed by atoms with Crippen molar-refractivity contribution < 1.29 is 13.9 Å². The summed E-state index contributed by atoms with van der Waals surface area (Å²) in [5.41, 5.74) is 2.50. The molecule has 3 aromatic rings. The molecule has 0 aliphatic rings. The van der Waals surface area contributed by atoms with E-state index in [1.807, 2.05) is 66.7 Å². The first-order valence-corrected chi connectivity index (χ1v) is 9.94. The standard InChI is InChI=1S/C20H18N2O3S2/c1-24-15-7-10-17(11-8-15)26-14-19(23)22-21-13-16-9-12-20(25-16)27-18-5-3-2-4-6-18/h2-13H,14H2,1H3,(H,22,23)/b21-13+. The number of methoxy groups -OCH3 is 1. The van der Waals surface area contributed by atoms with Crippen LogP contribution in [-0.2, 0) is 4.79 Å². The van der Waals surface area contributed by atoms with Crippen molar-refractivity contribution in [3.8, 4) is 5.75 Å². The lowest BCUT2D eigenvalue weighted by Crippen LogP contribution is -2.19. The van der Waals surface area contributed by atoms with E-state index in [0.29, 0.717) is 5.76 Å². The lowest BCUT2D eigenvalue weighted by molar-refractivity contribution is -0.118. The van der Waals surface area contributed by atoms with Crippen molar-refractivity contribution in [3.63, 3.8) is 0 Å². The third kappa shape index (κ3) is 6.23. The quantitative estimate of drug-likeness (QED) is 0.339. The normalized spacial score (nSPS) is 10.9. The molecule has 0 atom stereocenters. The Morgan fingerprint density at radius 1 is 1.07 bits per heavy atom. The van der Waals surface area contributed by atoms with Gasteiger partial charge in [0.25, 0.3) is 0 Å². The van der Waals surface area contributed by atoms with E-state index in [-0.39, 0.29) is 11.7 Å². The Labute approximate surface area is 166 Å². The van der Waals surface area contributed by atoms with Crippen molar-refractivity contribution in [2.24, 2.45) is 5.10 Å². The number of hydrogen-bond acceptors (Lipinski definition) is 6. The third-order valence-electron chi connectivity index (χ3n) is 3.37. The molecule has 0 unspecified atom stereocenters. The van der Waals surface area contributed by atoms with Crippen LogP contribution in [0.4, 0.5) is 0 Å². The molecule has 0 bridgehead atoms. The number of hydrogen-bond donors (Lipinski definition) is 1. The number of thioether (sulfide) groups is 1. The Hall–Kier alpha value is -2.64. The molecule has 1 N–H and O–H groups in total. The maximum atomic E-state index is 11.9. The fraction of sp³-hybridized carbons (Fsp3) is 0.100. The minimum atomic E-state index is -0.183. The summed E-state index contributed by atoms with van der Waals surface area (Å²) in [7, 11) is 1.62. The smallest absolute Gasteiger partial charge is 0.250 e. The van der Waals surface area contributed by atoms with Crippen molar-refractivity contribution in [2.45, 2.75) is 14.9 Å². The molecule has 3 rings (SSSR count). The van der Waals surface area contributed by atoms with E-state index in [4.69, 9.17) is 9.15 Å². The van der Waals surface area contributed by atoms with Crippen LogP contribution in [0.15, 0.2) is 91.1 Å². The summed E-state index contributed by atoms with van der Waals surface area (Å²) in [6.07, 6.45) is 1.49. The van der Waals surface area contributed by atoms with Crippen LogP contribution in [0.2, 0.25) is 0 Å². The maximum absolute atomic E-state index is 11.9. The highest BCUT2D eigenvalue weighted by molar-refractivity contribution is 8.00. The van der Waals surface area contributed by atoms with Gasteiger partial charge < -0.3 is 9.15 Å². The second-order valence-electron chi connectivity index (χ2n) is 5.33. The van der Waals surface area contributed by atoms with Crippen molar-refractivity contribution in [1.29, 1.82) is 0 Å². The van der Waals surface area contributed by atoms with Gasteiger partial charge in [0, 0.05) is 9.79 Å². The predicted molar refractivity (Wildman–Crippen MR) is 109 cm³/mol. The Kier molecular flexibility index (Phi) is 7.01. The number of hydrazone groups is 1. The number of ether oxygens (including phenoxy) is 1. The number of carbonyl (C=O) groups is 1. The van der Waals surface area contributed by atoms with E-state index < -0.39 is 0 Å². The molecule has 0 spiro atoms. The van der Waals surface area contributed by atoms with Crippen LogP contribution >= 0.6 is 23.5 Å². The number of nitrogens with zero attached hydrogens (tertiary/aromatic N) is 1. The zero-order valence-corrected chi connectivity index (χ0v) is 16.3. The van der Waals surface area contributed by atoms with Crippen LogP contribution in [0.5, 0.6) is 5.75 Å². The molecule has 2 aromatic carbocycles. The van der Waals surface area contributed by atoms with Gasteiger partial charge in [-0.1, -0.05) is 30.0 Å². The van der Waals surface area contributed by atoms with Crippen LogP contribution in [-0.4, -0.2) is 25.0 Å². The molecule has 0 saturated heterocycles. The maximum Gasteiger partial charge on any atom is 0.250 e. The Morgan fingerprint density at radius 2 is 1.85 bits per heavy atom. The van der Waals surface area contributed by atoms with E-state index in [1.54, 1.807) is 7.11 Å². The van der Waals surface area contributed by atoms with Crippen LogP contribution in [0, 0.1) is 0 Å². The highest BCUT2D eigenvalue weighted by Gasteiger charge is 2.04. The number of furan rings is 1. The monoisotopic (exact) mass is 398 g/mol. The SMILES string of the molecule is COc1ccc(SCC(=O)N/N=C/c2ccc(Sc3ccccc3)o2)cc1. The van der Waals surface area contributed by atoms with E-state index >= 15 is 0 Å². The molecule has 27 heavy (non-hydrogen) atoms. The van der Waals surface area contributed by atoms with Crippen molar-refractivity contribution in [3.05, 3.63) is 72.5 Å². The molecular weight excluding hydrogens is 380 g/mol. The van der Waals surface area contributed by atoms with Crippen LogP contribution < -0.4 is 10.2 Å². The van der Waals surface area contributed by atoms with Gasteiger partial charge in [0.05, 0.1) is 19.1 Å². The second kappa shape index (κ2) is 9.89. The number of nitrogens with one attached hydrogen (secondary N) is 1. The van der Waals surface area contributed by atoms with E-state index in [1.165, 1.54) is 29.7 Å². The fourth-order valence-corrected chi connectivity index (χ4v) is 3.57. The Bertz CT molecular complexity index is 893. The second-order valence-corrected chi connectivity index (χ2v) is 7.46. The Balaban J connectivity index is 1.43. The van der Waals surface area contributed by atoms with Gasteiger partial charge >= 0.3 is 0 Å². The lowest BCUT2D eigenvalue weighted by atomic mass is 10.3. The van der Waals surface area contributed by atoms with Crippen LogP contribution in [0.25, 0.3) is 0 Å². The first-order valence-electron chi connectivity index (χ1n) is 8.14. The first-order chi connectivity index (χ1) is 13.2. The first kappa shape index (κ1) is 19.1. The van der Waals surface area contributed by atoms with Gasteiger partial charge in [-0.25, -0.2) is 5.43 Å². The molecule has 1 heterocycles. The van der Waals surface area contributed by atoms with Gasteiger partial charge in [0.15, 0.2) is 5.09 Å². The number of carbonyl (C=O) groups excluding carboxylic acids is 1. The van der Waals surface area contributed by atoms with Gasteiger partial charge in [0.2, 0.25) is 5.91 Å². The largest absolute Gasteiger partial charge is 0.497 e. The average molecular weight is 399 g/mol. The summed E-state index contributed by atoms with van der Waals surface area (Å²) in [6, 6.07) is 21.2. The van der Waals surface area contributed by atoms with Gasteiger partial charge in [0.1, 0.15) is 11.5 Å². The number of amides is 1. The summed E-state index contributed by atoms with van der Waals surface area (Å²) in [6.45, 7) is 0. The topological polar surface area (TPSA) is 63.8 Å². The van der Waals surface area contributed by atoms with Gasteiger partial charge in [-0.15, -0.1) is 11.8 Å². The molecular formula is C20H18N2O3S2. The van der Waals surface area contributed by atoms with Gasteiger partial charge in [-0.3, -0.25) is 4.79 Å². The molecule has 7 heteroatoms.